The molecule has 5 N–H and O–H groups in total. The second-order valence-electron chi connectivity index (χ2n) is 11.0. The summed E-state index contributed by atoms with van der Waals surface area (Å²) in [6.45, 7) is 8.35. The normalized spacial score (nSPS) is 35.8. The van der Waals surface area contributed by atoms with Crippen molar-refractivity contribution in [3.63, 3.8) is 0 Å². The maximum atomic E-state index is 15.8. The number of nitrogens with one attached hydrogen (secondary N) is 3. The molecule has 3 aliphatic rings. The van der Waals surface area contributed by atoms with Crippen LogP contribution in [0.15, 0.2) is 0 Å². The van der Waals surface area contributed by atoms with Gasteiger partial charge in [0.2, 0.25) is 5.91 Å². The van der Waals surface area contributed by atoms with Crippen LogP contribution in [0.3, 0.4) is 0 Å². The van der Waals surface area contributed by atoms with Crippen molar-refractivity contribution in [2.45, 2.75) is 115 Å². The van der Waals surface area contributed by atoms with Gasteiger partial charge in [0.05, 0.1) is 30.0 Å². The first kappa shape index (κ1) is 27.6. The Morgan fingerprint density at radius 2 is 1.76 bits per heavy atom. The molecule has 2 heterocycles. The zero-order valence-corrected chi connectivity index (χ0v) is 20.6. The van der Waals surface area contributed by atoms with E-state index in [2.05, 4.69) is 20.9 Å². The van der Waals surface area contributed by atoms with Crippen LogP contribution in [-0.4, -0.2) is 72.5 Å². The molecule has 2 aliphatic heterocycles. The summed E-state index contributed by atoms with van der Waals surface area (Å²) in [5, 5.41) is 9.24. The van der Waals surface area contributed by atoms with E-state index in [0.29, 0.717) is 26.1 Å². The average molecular weight is 496 g/mol. The molecule has 7 nitrogen and oxygen atoms in total. The average Bonchev–Trinajstić information content (AvgIpc) is 3.20. The Balaban J connectivity index is 1.64. The topological polar surface area (TPSA) is 91.7 Å². The number of primary amides is 1. The van der Waals surface area contributed by atoms with Gasteiger partial charge in [-0.25, -0.2) is 4.39 Å². The number of halogens is 4. The molecule has 198 valence electrons. The molecule has 1 saturated carbocycles. The number of carbonyl (C=O) groups is 1. The highest BCUT2D eigenvalue weighted by Gasteiger charge is 2.47. The van der Waals surface area contributed by atoms with Gasteiger partial charge in [0.25, 0.3) is 0 Å². The fraction of sp³-hybridized carbons (Fsp3) is 0.957. The summed E-state index contributed by atoms with van der Waals surface area (Å²) in [4.78, 5) is 14.2. The smallest absolute Gasteiger partial charge is 0.371 e. The van der Waals surface area contributed by atoms with Gasteiger partial charge >= 0.3 is 6.18 Å². The number of nitrogens with zero attached hydrogens (tertiary/aromatic N) is 1. The number of nitrogens with two attached hydrogens (primary N) is 1. The SMILES string of the molecule is CC(OC(C)(C)C)[C@@H](NC1NCNC(N2CCCC2C2CCC(C(F)(F)F)CC2)C1F)C(N)=O. The number of ether oxygens (including phenoxy) is 1. The number of carbonyl (C=O) groups excluding carboxylic acids is 1. The summed E-state index contributed by atoms with van der Waals surface area (Å²) in [5.41, 5.74) is 5.10. The Morgan fingerprint density at radius 3 is 2.32 bits per heavy atom. The molecule has 0 radical (unpaired) electrons. The Labute approximate surface area is 199 Å². The summed E-state index contributed by atoms with van der Waals surface area (Å²) >= 11 is 0. The summed E-state index contributed by atoms with van der Waals surface area (Å²) < 4.78 is 60.9. The van der Waals surface area contributed by atoms with Crippen LogP contribution < -0.4 is 21.7 Å². The van der Waals surface area contributed by atoms with Crippen LogP contribution in [0.5, 0.6) is 0 Å². The van der Waals surface area contributed by atoms with Crippen LogP contribution in [0.4, 0.5) is 17.6 Å². The van der Waals surface area contributed by atoms with Crippen LogP contribution in [-0.2, 0) is 9.53 Å². The van der Waals surface area contributed by atoms with Gasteiger partial charge in [-0.15, -0.1) is 0 Å². The van der Waals surface area contributed by atoms with Gasteiger partial charge in [0.1, 0.15) is 6.04 Å². The van der Waals surface area contributed by atoms with Crippen molar-refractivity contribution < 1.29 is 27.1 Å². The lowest BCUT2D eigenvalue weighted by Crippen LogP contribution is -2.71. The first-order valence-corrected chi connectivity index (χ1v) is 12.4. The Bertz CT molecular complexity index is 681. The van der Waals surface area contributed by atoms with E-state index in [1.165, 1.54) is 0 Å². The largest absolute Gasteiger partial charge is 0.391 e. The van der Waals surface area contributed by atoms with Crippen molar-refractivity contribution in [1.82, 2.24) is 20.9 Å². The van der Waals surface area contributed by atoms with E-state index in [9.17, 15) is 18.0 Å². The molecule has 0 aromatic heterocycles. The summed E-state index contributed by atoms with van der Waals surface area (Å²) in [7, 11) is 0. The molecule has 6 atom stereocenters. The summed E-state index contributed by atoms with van der Waals surface area (Å²) in [6.07, 6.45) is -4.45. The second-order valence-corrected chi connectivity index (χ2v) is 11.0. The molecule has 0 aromatic rings. The van der Waals surface area contributed by atoms with Crippen LogP contribution in [0.1, 0.15) is 66.2 Å². The molecule has 1 aliphatic carbocycles. The highest BCUT2D eigenvalue weighted by molar-refractivity contribution is 5.80. The molecule has 3 fully saturated rings. The summed E-state index contributed by atoms with van der Waals surface area (Å²) in [6, 6.07) is -0.834. The standard InChI is InChI=1S/C23H41F4N5O2/c1-13(34-22(2,3)4)18(19(28)33)31-20-17(24)21(30-12-29-20)32-11-5-6-16(32)14-7-9-15(10-8-14)23(25,26)27/h13-18,20-21,29-31H,5-12H2,1-4H3,(H2,28,33)/t13?,14?,15?,16?,17?,18-,20?,21?/m1/s1. The van der Waals surface area contributed by atoms with Crippen LogP contribution >= 0.6 is 0 Å². The number of rotatable bonds is 7. The van der Waals surface area contributed by atoms with Crippen molar-refractivity contribution >= 4 is 5.91 Å². The third-order valence-corrected chi connectivity index (χ3v) is 7.41. The van der Waals surface area contributed by atoms with Crippen LogP contribution in [0.25, 0.3) is 0 Å². The minimum absolute atomic E-state index is 0.0544. The van der Waals surface area contributed by atoms with Gasteiger partial charge in [-0.2, -0.15) is 13.2 Å². The molecule has 34 heavy (non-hydrogen) atoms. The first-order valence-electron chi connectivity index (χ1n) is 12.4. The third-order valence-electron chi connectivity index (χ3n) is 7.41. The van der Waals surface area contributed by atoms with E-state index in [0.717, 1.165) is 12.8 Å². The monoisotopic (exact) mass is 495 g/mol. The molecule has 0 spiro atoms. The number of hydrogen-bond donors (Lipinski definition) is 4. The molecular formula is C23H41F4N5O2. The Morgan fingerprint density at radius 1 is 1.12 bits per heavy atom. The lowest BCUT2D eigenvalue weighted by atomic mass is 9.77. The zero-order chi connectivity index (χ0) is 25.3. The number of hydrogen-bond acceptors (Lipinski definition) is 6. The van der Waals surface area contributed by atoms with Crippen molar-refractivity contribution in [2.24, 2.45) is 17.6 Å². The van der Waals surface area contributed by atoms with Gasteiger partial charge in [-0.1, -0.05) is 0 Å². The predicted molar refractivity (Wildman–Crippen MR) is 121 cm³/mol. The van der Waals surface area contributed by atoms with Crippen LogP contribution in [0, 0.1) is 11.8 Å². The zero-order valence-electron chi connectivity index (χ0n) is 20.6. The number of amides is 1. The molecule has 0 aromatic carbocycles. The van der Waals surface area contributed by atoms with Gasteiger partial charge in [0.15, 0.2) is 6.17 Å². The Hall–Kier alpha value is -1.01. The predicted octanol–water partition coefficient (Wildman–Crippen LogP) is 2.61. The molecule has 3 rings (SSSR count). The van der Waals surface area contributed by atoms with E-state index >= 15 is 4.39 Å². The molecule has 5 unspecified atom stereocenters. The van der Waals surface area contributed by atoms with Gasteiger partial charge in [-0.05, 0) is 72.1 Å². The highest BCUT2D eigenvalue weighted by Crippen LogP contribution is 2.43. The van der Waals surface area contributed by atoms with Crippen molar-refractivity contribution in [3.8, 4) is 0 Å². The lowest BCUT2D eigenvalue weighted by molar-refractivity contribution is -0.185. The second kappa shape index (κ2) is 10.9. The number of alkyl halides is 4. The van der Waals surface area contributed by atoms with E-state index in [4.69, 9.17) is 10.5 Å². The third kappa shape index (κ3) is 6.81. The van der Waals surface area contributed by atoms with E-state index in [1.54, 1.807) is 6.92 Å². The first-order chi connectivity index (χ1) is 15.8. The maximum Gasteiger partial charge on any atom is 0.391 e. The fourth-order valence-electron chi connectivity index (χ4n) is 5.90. The fourth-order valence-corrected chi connectivity index (χ4v) is 5.90. The van der Waals surface area contributed by atoms with Gasteiger partial charge in [-0.3, -0.25) is 25.6 Å². The van der Waals surface area contributed by atoms with E-state index < -0.39 is 54.3 Å². The minimum atomic E-state index is -4.13. The van der Waals surface area contributed by atoms with Crippen molar-refractivity contribution in [1.29, 1.82) is 0 Å². The highest BCUT2D eigenvalue weighted by atomic mass is 19.4. The van der Waals surface area contributed by atoms with Crippen molar-refractivity contribution in [2.75, 3.05) is 13.2 Å². The molecule has 11 heteroatoms. The molecule has 2 saturated heterocycles. The molecular weight excluding hydrogens is 454 g/mol. The van der Waals surface area contributed by atoms with E-state index in [1.807, 2.05) is 20.8 Å². The van der Waals surface area contributed by atoms with E-state index in [-0.39, 0.29) is 24.8 Å². The number of likely N-dealkylation sites (tertiary alicyclic amines) is 1. The van der Waals surface area contributed by atoms with Crippen LogP contribution in [0.2, 0.25) is 0 Å². The van der Waals surface area contributed by atoms with Gasteiger partial charge < -0.3 is 10.5 Å². The quantitative estimate of drug-likeness (QED) is 0.406. The maximum absolute atomic E-state index is 15.8. The minimum Gasteiger partial charge on any atom is -0.371 e. The summed E-state index contributed by atoms with van der Waals surface area (Å²) in [5.74, 6) is -1.71. The Kier molecular flexibility index (Phi) is 8.87. The van der Waals surface area contributed by atoms with Gasteiger partial charge in [0, 0.05) is 19.3 Å². The molecule has 1 amide bonds. The van der Waals surface area contributed by atoms with Crippen molar-refractivity contribution in [3.05, 3.63) is 0 Å². The molecule has 0 bridgehead atoms. The lowest BCUT2D eigenvalue weighted by Gasteiger charge is -2.46.